The number of nitrogens with zero attached hydrogens (tertiary/aromatic N) is 3. The van der Waals surface area contributed by atoms with Crippen molar-refractivity contribution in [2.45, 2.75) is 32.3 Å². The van der Waals surface area contributed by atoms with Gasteiger partial charge in [-0.2, -0.15) is 5.26 Å². The van der Waals surface area contributed by atoms with Gasteiger partial charge in [-0.3, -0.25) is 4.40 Å². The van der Waals surface area contributed by atoms with E-state index in [0.29, 0.717) is 6.42 Å². The molecule has 6 heteroatoms. The Labute approximate surface area is 152 Å². The van der Waals surface area contributed by atoms with Crippen LogP contribution in [0.2, 0.25) is 0 Å². The van der Waals surface area contributed by atoms with Gasteiger partial charge in [0, 0.05) is 6.20 Å². The zero-order chi connectivity index (χ0) is 15.8. The van der Waals surface area contributed by atoms with Gasteiger partial charge in [0.25, 0.3) is 0 Å². The van der Waals surface area contributed by atoms with Gasteiger partial charge in [0.2, 0.25) is 0 Å². The maximum absolute atomic E-state index is 9.03. The van der Waals surface area contributed by atoms with E-state index in [1.807, 2.05) is 35.7 Å². The molecule has 0 saturated heterocycles. The fourth-order valence-electron chi connectivity index (χ4n) is 3.29. The summed E-state index contributed by atoms with van der Waals surface area (Å²) in [5, 5.41) is 9.03. The van der Waals surface area contributed by atoms with E-state index in [2.05, 4.69) is 29.3 Å². The molecule has 1 atom stereocenters. The second kappa shape index (κ2) is 7.56. The number of halogens is 1. The molecular weight excluding hydrogens is 338 g/mol. The highest BCUT2D eigenvalue weighted by atomic mass is 35.5. The van der Waals surface area contributed by atoms with Crippen LogP contribution in [0.4, 0.5) is 0 Å². The molecule has 0 spiro atoms. The Morgan fingerprint density at radius 2 is 2.04 bits per heavy atom. The number of fused-ring (bicyclic) bond motifs is 3. The minimum Gasteiger partial charge on any atom is -0.482 e. The van der Waals surface area contributed by atoms with Crippen molar-refractivity contribution in [3.63, 3.8) is 0 Å². The minimum absolute atomic E-state index is 0. The van der Waals surface area contributed by atoms with E-state index in [4.69, 9.17) is 10.00 Å². The Bertz CT molecular complexity index is 916. The van der Waals surface area contributed by atoms with Crippen LogP contribution in [-0.4, -0.2) is 14.9 Å². The number of rotatable bonds is 2. The first-order chi connectivity index (χ1) is 11.3. The van der Waals surface area contributed by atoms with Crippen LogP contribution in [0.15, 0.2) is 42.6 Å². The minimum atomic E-state index is 0. The van der Waals surface area contributed by atoms with E-state index < -0.39 is 0 Å². The quantitative estimate of drug-likeness (QED) is 0.705. The Balaban J connectivity index is 0.00000113. The van der Waals surface area contributed by atoms with Gasteiger partial charge in [-0.15, -0.1) is 12.4 Å². The number of benzene rings is 1. The molecule has 0 radical (unpaired) electrons. The predicted octanol–water partition coefficient (Wildman–Crippen LogP) is 3.37. The van der Waals surface area contributed by atoms with Crippen molar-refractivity contribution >= 4 is 18.1 Å². The van der Waals surface area contributed by atoms with Crippen molar-refractivity contribution in [1.29, 1.82) is 5.26 Å². The van der Waals surface area contributed by atoms with Crippen LogP contribution >= 0.6 is 12.4 Å². The number of hydrogen-bond donors (Lipinski definition) is 0. The summed E-state index contributed by atoms with van der Waals surface area (Å²) in [5.74, 6) is 0.861. The molecule has 2 N–H and O–H groups in total. The lowest BCUT2D eigenvalue weighted by Gasteiger charge is -2.26. The molecule has 130 valence electrons. The van der Waals surface area contributed by atoms with Gasteiger partial charge in [-0.25, -0.2) is 4.98 Å². The number of aromatic nitrogens is 2. The van der Waals surface area contributed by atoms with Gasteiger partial charge >= 0.3 is 0 Å². The molecule has 0 aliphatic carbocycles. The second-order valence-corrected chi connectivity index (χ2v) is 5.90. The molecule has 5 nitrogen and oxygen atoms in total. The highest BCUT2D eigenvalue weighted by Crippen LogP contribution is 2.38. The monoisotopic (exact) mass is 357 g/mol. The van der Waals surface area contributed by atoms with E-state index in [0.717, 1.165) is 35.6 Å². The number of ether oxygens (including phenoxy) is 1. The SMILES string of the molecule is Cc1nc2c3c(ccn2c1CC#N)CCC(c1ccccc1)O3.Cl.O. The third kappa shape index (κ3) is 3.19. The summed E-state index contributed by atoms with van der Waals surface area (Å²) in [4.78, 5) is 4.66. The Kier molecular flexibility index (Phi) is 5.68. The standard InChI is InChI=1S/C19H17N3O.ClH.H2O/c1-13-16(9-11-20)22-12-10-15-7-8-17(14-5-3-2-4-6-14)23-18(15)19(22)21-13;;/h2-6,10,12,17H,7-9H2,1H3;1H;1H2. The first kappa shape index (κ1) is 18.8. The molecule has 1 aliphatic heterocycles. The van der Waals surface area contributed by atoms with Crippen molar-refractivity contribution in [2.75, 3.05) is 0 Å². The molecule has 2 aromatic heterocycles. The number of nitriles is 1. The topological polar surface area (TPSA) is 81.8 Å². The molecule has 3 heterocycles. The average molecular weight is 358 g/mol. The molecule has 1 aromatic carbocycles. The molecule has 3 aromatic rings. The van der Waals surface area contributed by atoms with Gasteiger partial charge in [0.1, 0.15) is 6.10 Å². The van der Waals surface area contributed by atoms with Gasteiger partial charge < -0.3 is 10.2 Å². The van der Waals surface area contributed by atoms with Gasteiger partial charge in [-0.05, 0) is 37.0 Å². The van der Waals surface area contributed by atoms with Crippen molar-refractivity contribution in [3.05, 3.63) is 65.1 Å². The van der Waals surface area contributed by atoms with Gasteiger partial charge in [0.05, 0.1) is 23.9 Å². The maximum Gasteiger partial charge on any atom is 0.180 e. The molecule has 25 heavy (non-hydrogen) atoms. The normalized spacial score (nSPS) is 15.3. The van der Waals surface area contributed by atoms with E-state index >= 15 is 0 Å². The molecular formula is C19H20ClN3O2. The van der Waals surface area contributed by atoms with Crippen molar-refractivity contribution in [3.8, 4) is 11.8 Å². The Hall–Kier alpha value is -2.55. The van der Waals surface area contributed by atoms with E-state index in [9.17, 15) is 0 Å². The zero-order valence-corrected chi connectivity index (χ0v) is 14.7. The Morgan fingerprint density at radius 1 is 1.28 bits per heavy atom. The summed E-state index contributed by atoms with van der Waals surface area (Å²) >= 11 is 0. The predicted molar refractivity (Wildman–Crippen MR) is 98.2 cm³/mol. The second-order valence-electron chi connectivity index (χ2n) is 5.90. The van der Waals surface area contributed by atoms with Crippen molar-refractivity contribution in [2.24, 2.45) is 0 Å². The fourth-order valence-corrected chi connectivity index (χ4v) is 3.29. The van der Waals surface area contributed by atoms with Crippen LogP contribution in [-0.2, 0) is 12.8 Å². The van der Waals surface area contributed by atoms with Crippen LogP contribution in [0, 0.1) is 18.3 Å². The molecule has 1 aliphatic rings. The summed E-state index contributed by atoms with van der Waals surface area (Å²) in [6, 6.07) is 14.6. The first-order valence-electron chi connectivity index (χ1n) is 7.86. The highest BCUT2D eigenvalue weighted by Gasteiger charge is 2.25. The maximum atomic E-state index is 9.03. The number of aryl methyl sites for hydroxylation is 2. The number of hydrogen-bond acceptors (Lipinski definition) is 3. The molecule has 4 rings (SSSR count). The van der Waals surface area contributed by atoms with E-state index in [-0.39, 0.29) is 24.0 Å². The summed E-state index contributed by atoms with van der Waals surface area (Å²) in [7, 11) is 0. The van der Waals surface area contributed by atoms with Crippen LogP contribution in [0.3, 0.4) is 0 Å². The molecule has 0 amide bonds. The van der Waals surface area contributed by atoms with Crippen molar-refractivity contribution < 1.29 is 10.2 Å². The van der Waals surface area contributed by atoms with E-state index in [1.165, 1.54) is 11.1 Å². The van der Waals surface area contributed by atoms with E-state index in [1.54, 1.807) is 0 Å². The molecule has 1 unspecified atom stereocenters. The molecule has 0 bridgehead atoms. The van der Waals surface area contributed by atoms with Gasteiger partial charge in [-0.1, -0.05) is 30.3 Å². The molecule has 0 saturated carbocycles. The lowest BCUT2D eigenvalue weighted by atomic mass is 9.98. The fraction of sp³-hybridized carbons (Fsp3) is 0.263. The summed E-state index contributed by atoms with van der Waals surface area (Å²) < 4.78 is 8.30. The molecule has 0 fully saturated rings. The van der Waals surface area contributed by atoms with Crippen LogP contribution in [0.25, 0.3) is 5.65 Å². The first-order valence-corrected chi connectivity index (χ1v) is 7.86. The number of pyridine rings is 1. The number of imidazole rings is 1. The summed E-state index contributed by atoms with van der Waals surface area (Å²) in [6.45, 7) is 1.95. The average Bonchev–Trinajstić information content (AvgIpc) is 2.92. The third-order valence-corrected chi connectivity index (χ3v) is 4.48. The summed E-state index contributed by atoms with van der Waals surface area (Å²) in [5.41, 5.74) is 5.05. The third-order valence-electron chi connectivity index (χ3n) is 4.48. The van der Waals surface area contributed by atoms with Crippen LogP contribution in [0.1, 0.15) is 35.0 Å². The van der Waals surface area contributed by atoms with Crippen molar-refractivity contribution in [1.82, 2.24) is 9.38 Å². The lowest BCUT2D eigenvalue weighted by Crippen LogP contribution is -2.16. The van der Waals surface area contributed by atoms with Gasteiger partial charge in [0.15, 0.2) is 11.4 Å². The lowest BCUT2D eigenvalue weighted by molar-refractivity contribution is 0.178. The zero-order valence-electron chi connectivity index (χ0n) is 13.9. The van der Waals surface area contributed by atoms with Crippen LogP contribution < -0.4 is 4.74 Å². The van der Waals surface area contributed by atoms with Crippen LogP contribution in [0.5, 0.6) is 5.75 Å². The Morgan fingerprint density at radius 3 is 2.76 bits per heavy atom. The largest absolute Gasteiger partial charge is 0.482 e. The summed E-state index contributed by atoms with van der Waals surface area (Å²) in [6.07, 6.45) is 4.37. The smallest absolute Gasteiger partial charge is 0.180 e. The highest BCUT2D eigenvalue weighted by molar-refractivity contribution is 5.85.